The summed E-state index contributed by atoms with van der Waals surface area (Å²) in [5.74, 6) is 1.15. The number of amides is 1. The van der Waals surface area contributed by atoms with Gasteiger partial charge in [-0.1, -0.05) is 0 Å². The third kappa shape index (κ3) is 4.01. The van der Waals surface area contributed by atoms with Gasteiger partial charge in [0.05, 0.1) is 13.2 Å². The van der Waals surface area contributed by atoms with E-state index in [1.165, 1.54) is 0 Å². The van der Waals surface area contributed by atoms with Crippen molar-refractivity contribution in [3.05, 3.63) is 47.7 Å². The number of nitrogens with one attached hydrogen (secondary N) is 1. The lowest BCUT2D eigenvalue weighted by Gasteiger charge is -2.28. The maximum atomic E-state index is 12.3. The third-order valence-corrected chi connectivity index (χ3v) is 3.59. The highest BCUT2D eigenvalue weighted by molar-refractivity contribution is 5.92. The molecule has 7 nitrogen and oxygen atoms in total. The van der Waals surface area contributed by atoms with Gasteiger partial charge in [0.25, 0.3) is 5.91 Å². The van der Waals surface area contributed by atoms with Crippen molar-refractivity contribution in [3.63, 3.8) is 0 Å². The summed E-state index contributed by atoms with van der Waals surface area (Å²) in [6.07, 6.45) is 3.40. The van der Waals surface area contributed by atoms with E-state index in [1.54, 1.807) is 25.4 Å². The Morgan fingerprint density at radius 3 is 2.74 bits per heavy atom. The molecule has 0 aliphatic carbocycles. The molecule has 0 saturated carbocycles. The number of ether oxygens (including phenoxy) is 1. The van der Waals surface area contributed by atoms with E-state index in [4.69, 9.17) is 4.74 Å². The van der Waals surface area contributed by atoms with E-state index < -0.39 is 0 Å². The highest BCUT2D eigenvalue weighted by atomic mass is 16.5. The molecule has 1 amide bonds. The van der Waals surface area contributed by atoms with E-state index in [0.29, 0.717) is 31.3 Å². The molecular weight excluding hydrogens is 294 g/mol. The first kappa shape index (κ1) is 15.4. The Morgan fingerprint density at radius 2 is 2.00 bits per heavy atom. The lowest BCUT2D eigenvalue weighted by molar-refractivity contribution is 0.0945. The molecule has 1 aliphatic heterocycles. The number of hydrogen-bond acceptors (Lipinski definition) is 6. The first-order chi connectivity index (χ1) is 11.2. The van der Waals surface area contributed by atoms with E-state index in [-0.39, 0.29) is 5.91 Å². The molecule has 0 aromatic carbocycles. The van der Waals surface area contributed by atoms with Gasteiger partial charge in [0.1, 0.15) is 17.3 Å². The van der Waals surface area contributed by atoms with Crippen molar-refractivity contribution >= 4 is 11.7 Å². The Morgan fingerprint density at radius 1 is 1.26 bits per heavy atom. The average molecular weight is 313 g/mol. The second-order valence-electron chi connectivity index (χ2n) is 5.30. The molecule has 3 rings (SSSR count). The van der Waals surface area contributed by atoms with Crippen LogP contribution in [0.3, 0.4) is 0 Å². The highest BCUT2D eigenvalue weighted by Crippen LogP contribution is 2.14. The van der Waals surface area contributed by atoms with Crippen LogP contribution in [0.4, 0.5) is 5.82 Å². The van der Waals surface area contributed by atoms with Crippen LogP contribution < -0.4 is 10.2 Å². The number of hydrogen-bond donors (Lipinski definition) is 1. The quantitative estimate of drug-likeness (QED) is 0.905. The number of aryl methyl sites for hydroxylation is 1. The molecule has 120 valence electrons. The summed E-state index contributed by atoms with van der Waals surface area (Å²) < 4.78 is 5.35. The maximum Gasteiger partial charge on any atom is 0.270 e. The fourth-order valence-electron chi connectivity index (χ4n) is 2.40. The van der Waals surface area contributed by atoms with Crippen LogP contribution in [0.15, 0.2) is 30.6 Å². The predicted octanol–water partition coefficient (Wildman–Crippen LogP) is 0.947. The Bertz CT molecular complexity index is 671. The van der Waals surface area contributed by atoms with Crippen molar-refractivity contribution in [2.24, 2.45) is 0 Å². The summed E-state index contributed by atoms with van der Waals surface area (Å²) in [5.41, 5.74) is 1.38. The highest BCUT2D eigenvalue weighted by Gasteiger charge is 2.16. The zero-order valence-electron chi connectivity index (χ0n) is 13.0. The van der Waals surface area contributed by atoms with Crippen LogP contribution in [0.5, 0.6) is 0 Å². The van der Waals surface area contributed by atoms with Gasteiger partial charge in [-0.2, -0.15) is 0 Å². The minimum atomic E-state index is -0.207. The zero-order valence-corrected chi connectivity index (χ0v) is 13.0. The second-order valence-corrected chi connectivity index (χ2v) is 5.30. The van der Waals surface area contributed by atoms with Crippen LogP contribution in [-0.4, -0.2) is 47.2 Å². The van der Waals surface area contributed by atoms with E-state index in [2.05, 4.69) is 25.2 Å². The molecule has 1 aliphatic rings. The van der Waals surface area contributed by atoms with Gasteiger partial charge in [-0.05, 0) is 24.6 Å². The van der Waals surface area contributed by atoms with E-state index >= 15 is 0 Å². The summed E-state index contributed by atoms with van der Waals surface area (Å²) in [4.78, 5) is 27.1. The monoisotopic (exact) mass is 313 g/mol. The summed E-state index contributed by atoms with van der Waals surface area (Å²) >= 11 is 0. The van der Waals surface area contributed by atoms with Gasteiger partial charge in [-0.3, -0.25) is 9.78 Å². The first-order valence-corrected chi connectivity index (χ1v) is 7.58. The van der Waals surface area contributed by atoms with Gasteiger partial charge in [-0.25, -0.2) is 9.97 Å². The molecule has 2 aromatic heterocycles. The van der Waals surface area contributed by atoms with Gasteiger partial charge in [-0.15, -0.1) is 0 Å². The smallest absolute Gasteiger partial charge is 0.270 e. The zero-order chi connectivity index (χ0) is 16.1. The van der Waals surface area contributed by atoms with Crippen molar-refractivity contribution in [2.75, 3.05) is 31.2 Å². The minimum Gasteiger partial charge on any atom is -0.378 e. The fraction of sp³-hybridized carbons (Fsp3) is 0.375. The van der Waals surface area contributed by atoms with Gasteiger partial charge >= 0.3 is 0 Å². The van der Waals surface area contributed by atoms with Crippen LogP contribution in [0.25, 0.3) is 0 Å². The SMILES string of the molecule is Cc1nc(C(=O)NCc2ccncc2)cc(N2CCOCC2)n1. The Balaban J connectivity index is 1.71. The van der Waals surface area contributed by atoms with Crippen molar-refractivity contribution in [1.29, 1.82) is 0 Å². The number of carbonyl (C=O) groups is 1. The maximum absolute atomic E-state index is 12.3. The molecule has 0 radical (unpaired) electrons. The lowest BCUT2D eigenvalue weighted by atomic mass is 10.2. The summed E-state index contributed by atoms with van der Waals surface area (Å²) in [5, 5.41) is 2.87. The third-order valence-electron chi connectivity index (χ3n) is 3.59. The van der Waals surface area contributed by atoms with Crippen LogP contribution in [-0.2, 0) is 11.3 Å². The number of rotatable bonds is 4. The molecule has 0 spiro atoms. The van der Waals surface area contributed by atoms with Crippen molar-refractivity contribution in [3.8, 4) is 0 Å². The van der Waals surface area contributed by atoms with Gasteiger partial charge in [0.2, 0.25) is 0 Å². The van der Waals surface area contributed by atoms with Crippen LogP contribution >= 0.6 is 0 Å². The lowest BCUT2D eigenvalue weighted by Crippen LogP contribution is -2.37. The molecule has 0 bridgehead atoms. The van der Waals surface area contributed by atoms with Crippen LogP contribution in [0.2, 0.25) is 0 Å². The molecule has 1 fully saturated rings. The number of morpholine rings is 1. The van der Waals surface area contributed by atoms with Crippen molar-refractivity contribution < 1.29 is 9.53 Å². The largest absolute Gasteiger partial charge is 0.378 e. The molecule has 7 heteroatoms. The molecule has 1 N–H and O–H groups in total. The number of aromatic nitrogens is 3. The molecule has 0 unspecified atom stereocenters. The minimum absolute atomic E-state index is 0.207. The first-order valence-electron chi connectivity index (χ1n) is 7.58. The predicted molar refractivity (Wildman–Crippen MR) is 85.2 cm³/mol. The van der Waals surface area contributed by atoms with Crippen LogP contribution in [0.1, 0.15) is 21.9 Å². The number of nitrogens with zero attached hydrogens (tertiary/aromatic N) is 4. The summed E-state index contributed by atoms with van der Waals surface area (Å²) in [7, 11) is 0. The van der Waals surface area contributed by atoms with Gasteiger partial charge in [0.15, 0.2) is 0 Å². The van der Waals surface area contributed by atoms with E-state index in [0.717, 1.165) is 24.5 Å². The molecule has 23 heavy (non-hydrogen) atoms. The number of carbonyl (C=O) groups excluding carboxylic acids is 1. The fourth-order valence-corrected chi connectivity index (χ4v) is 2.40. The van der Waals surface area contributed by atoms with E-state index in [9.17, 15) is 4.79 Å². The van der Waals surface area contributed by atoms with Gasteiger partial charge < -0.3 is 15.0 Å². The molecule has 1 saturated heterocycles. The Labute approximate surface area is 134 Å². The number of pyridine rings is 1. The average Bonchev–Trinajstić information content (AvgIpc) is 2.61. The van der Waals surface area contributed by atoms with Crippen molar-refractivity contribution in [2.45, 2.75) is 13.5 Å². The van der Waals surface area contributed by atoms with E-state index in [1.807, 2.05) is 12.1 Å². The topological polar surface area (TPSA) is 80.2 Å². The molecule has 2 aromatic rings. The normalized spacial score (nSPS) is 14.6. The molecule has 3 heterocycles. The molecule has 0 atom stereocenters. The standard InChI is InChI=1S/C16H19N5O2/c1-12-19-14(10-15(20-12)21-6-8-23-9-7-21)16(22)18-11-13-2-4-17-5-3-13/h2-5,10H,6-9,11H2,1H3,(H,18,22). The van der Waals surface area contributed by atoms with Crippen molar-refractivity contribution in [1.82, 2.24) is 20.3 Å². The van der Waals surface area contributed by atoms with Gasteiger partial charge in [0, 0.05) is 38.1 Å². The summed E-state index contributed by atoms with van der Waals surface area (Å²) in [6, 6.07) is 5.47. The molecular formula is C16H19N5O2. The number of anilines is 1. The second kappa shape index (κ2) is 7.15. The Kier molecular flexibility index (Phi) is 4.77. The van der Waals surface area contributed by atoms with Crippen LogP contribution in [0, 0.1) is 6.92 Å². The summed E-state index contributed by atoms with van der Waals surface area (Å²) in [6.45, 7) is 5.13. The Hall–Kier alpha value is -2.54.